The Morgan fingerprint density at radius 3 is 2.59 bits per heavy atom. The van der Waals surface area contributed by atoms with Crippen LogP contribution in [0.2, 0.25) is 0 Å². The Bertz CT molecular complexity index is 1560. The fourth-order valence-electron chi connectivity index (χ4n) is 4.85. The molecule has 6 rings (SSSR count). The SMILES string of the molecule is CC(C)(C)c1ccc(-n2cc(-c3nn(C4CCCCO4)c4ccc(-c5cccnc5F)cc34)nn2)cc1. The molecule has 2 aromatic carbocycles. The smallest absolute Gasteiger partial charge is 0.220 e. The second-order valence-electron chi connectivity index (χ2n) is 10.5. The highest BCUT2D eigenvalue weighted by Crippen LogP contribution is 2.35. The highest BCUT2D eigenvalue weighted by Gasteiger charge is 2.24. The molecule has 4 heterocycles. The Morgan fingerprint density at radius 1 is 1.03 bits per heavy atom. The molecule has 188 valence electrons. The molecule has 1 atom stereocenters. The zero-order valence-corrected chi connectivity index (χ0v) is 21.2. The molecule has 1 saturated heterocycles. The van der Waals surface area contributed by atoms with Crippen LogP contribution in [0.5, 0.6) is 0 Å². The predicted molar refractivity (Wildman–Crippen MR) is 141 cm³/mol. The zero-order valence-electron chi connectivity index (χ0n) is 21.2. The van der Waals surface area contributed by atoms with Gasteiger partial charge in [-0.3, -0.25) is 0 Å². The number of halogens is 1. The maximum Gasteiger partial charge on any atom is 0.220 e. The second-order valence-corrected chi connectivity index (χ2v) is 10.5. The lowest BCUT2D eigenvalue weighted by Crippen LogP contribution is -2.19. The summed E-state index contributed by atoms with van der Waals surface area (Å²) in [5.41, 5.74) is 5.67. The summed E-state index contributed by atoms with van der Waals surface area (Å²) in [4.78, 5) is 3.82. The lowest BCUT2D eigenvalue weighted by atomic mass is 9.87. The van der Waals surface area contributed by atoms with Crippen LogP contribution in [0.3, 0.4) is 0 Å². The minimum absolute atomic E-state index is 0.0739. The van der Waals surface area contributed by atoms with Crippen LogP contribution in [-0.4, -0.2) is 36.4 Å². The predicted octanol–water partition coefficient (Wildman–Crippen LogP) is 6.48. The van der Waals surface area contributed by atoms with E-state index in [9.17, 15) is 4.39 Å². The van der Waals surface area contributed by atoms with Gasteiger partial charge in [0.2, 0.25) is 5.95 Å². The summed E-state index contributed by atoms with van der Waals surface area (Å²) in [6.45, 7) is 7.29. The fraction of sp³-hybridized carbons (Fsp3) is 0.310. The Kier molecular flexibility index (Phi) is 5.83. The van der Waals surface area contributed by atoms with Gasteiger partial charge in [0.05, 0.1) is 17.4 Å². The van der Waals surface area contributed by atoms with Crippen molar-refractivity contribution in [3.63, 3.8) is 0 Å². The van der Waals surface area contributed by atoms with Crippen molar-refractivity contribution in [2.45, 2.75) is 51.7 Å². The molecule has 0 aliphatic carbocycles. The van der Waals surface area contributed by atoms with E-state index in [-0.39, 0.29) is 11.6 Å². The van der Waals surface area contributed by atoms with E-state index in [1.54, 1.807) is 16.8 Å². The number of ether oxygens (including phenoxy) is 1. The normalized spacial score (nSPS) is 16.4. The van der Waals surface area contributed by atoms with Crippen LogP contribution in [-0.2, 0) is 10.2 Å². The summed E-state index contributed by atoms with van der Waals surface area (Å²) in [5, 5.41) is 14.7. The number of hydrogen-bond acceptors (Lipinski definition) is 5. The van der Waals surface area contributed by atoms with Gasteiger partial charge < -0.3 is 4.74 Å². The van der Waals surface area contributed by atoms with Crippen LogP contribution >= 0.6 is 0 Å². The number of pyridine rings is 1. The Labute approximate surface area is 214 Å². The third-order valence-electron chi connectivity index (χ3n) is 6.94. The van der Waals surface area contributed by atoms with Gasteiger partial charge in [-0.15, -0.1) is 5.10 Å². The third kappa shape index (κ3) is 4.42. The average molecular weight is 497 g/mol. The highest BCUT2D eigenvalue weighted by molar-refractivity contribution is 5.95. The first-order chi connectivity index (χ1) is 17.9. The molecule has 1 aliphatic heterocycles. The number of benzene rings is 2. The summed E-state index contributed by atoms with van der Waals surface area (Å²) in [5.74, 6) is -0.504. The van der Waals surface area contributed by atoms with E-state index in [0.717, 1.165) is 41.4 Å². The molecular weight excluding hydrogens is 467 g/mol. The van der Waals surface area contributed by atoms with Crippen molar-refractivity contribution in [3.05, 3.63) is 78.5 Å². The first-order valence-corrected chi connectivity index (χ1v) is 12.7. The van der Waals surface area contributed by atoms with Crippen LogP contribution in [0.15, 0.2) is 67.0 Å². The van der Waals surface area contributed by atoms with Gasteiger partial charge in [0.15, 0.2) is 6.23 Å². The minimum atomic E-state index is -0.504. The monoisotopic (exact) mass is 496 g/mol. The van der Waals surface area contributed by atoms with Crippen molar-refractivity contribution in [2.75, 3.05) is 6.61 Å². The molecule has 1 unspecified atom stereocenters. The second kappa shape index (κ2) is 9.19. The van der Waals surface area contributed by atoms with Gasteiger partial charge in [-0.05, 0) is 72.2 Å². The molecular formula is C29H29FN6O. The molecule has 1 aliphatic rings. The summed E-state index contributed by atoms with van der Waals surface area (Å²) in [6.07, 6.45) is 6.22. The van der Waals surface area contributed by atoms with E-state index in [1.807, 2.05) is 29.1 Å². The Balaban J connectivity index is 1.45. The topological polar surface area (TPSA) is 70.7 Å². The first-order valence-electron chi connectivity index (χ1n) is 12.7. The molecule has 0 spiro atoms. The van der Waals surface area contributed by atoms with E-state index >= 15 is 0 Å². The van der Waals surface area contributed by atoms with E-state index in [4.69, 9.17) is 9.84 Å². The van der Waals surface area contributed by atoms with Crippen LogP contribution in [0.4, 0.5) is 4.39 Å². The summed E-state index contributed by atoms with van der Waals surface area (Å²) >= 11 is 0. The Hall–Kier alpha value is -3.91. The maximum absolute atomic E-state index is 14.5. The molecule has 3 aromatic heterocycles. The molecule has 0 bridgehead atoms. The van der Waals surface area contributed by atoms with Gasteiger partial charge in [0, 0.05) is 23.8 Å². The molecule has 1 fully saturated rings. The number of aromatic nitrogens is 6. The van der Waals surface area contributed by atoms with Gasteiger partial charge in [0.1, 0.15) is 11.4 Å². The summed E-state index contributed by atoms with van der Waals surface area (Å²) in [6, 6.07) is 17.6. The van der Waals surface area contributed by atoms with Crippen molar-refractivity contribution in [1.29, 1.82) is 0 Å². The third-order valence-corrected chi connectivity index (χ3v) is 6.94. The number of nitrogens with zero attached hydrogens (tertiary/aromatic N) is 6. The average Bonchev–Trinajstić information content (AvgIpc) is 3.54. The molecule has 0 radical (unpaired) electrons. The van der Waals surface area contributed by atoms with Crippen molar-refractivity contribution < 1.29 is 9.13 Å². The van der Waals surface area contributed by atoms with Crippen LogP contribution in [0.1, 0.15) is 51.8 Å². The highest BCUT2D eigenvalue weighted by atomic mass is 19.1. The minimum Gasteiger partial charge on any atom is -0.356 e. The van der Waals surface area contributed by atoms with E-state index in [0.29, 0.717) is 23.6 Å². The molecule has 7 nitrogen and oxygen atoms in total. The van der Waals surface area contributed by atoms with Crippen molar-refractivity contribution >= 4 is 10.9 Å². The standard InChI is InChI=1S/C29H29FN6O/c1-29(2,3)20-10-12-21(13-11-20)35-18-24(32-34-35)27-23-17-19(22-7-6-15-31-28(22)30)9-14-25(23)36(33-27)26-8-4-5-16-37-26/h6-7,9-15,17-18,26H,4-5,8,16H2,1-3H3. The molecule has 0 saturated carbocycles. The lowest BCUT2D eigenvalue weighted by Gasteiger charge is -2.23. The molecule has 8 heteroatoms. The van der Waals surface area contributed by atoms with Crippen LogP contribution in [0.25, 0.3) is 39.1 Å². The number of fused-ring (bicyclic) bond motifs is 1. The Morgan fingerprint density at radius 2 is 1.86 bits per heavy atom. The van der Waals surface area contributed by atoms with Crippen molar-refractivity contribution in [1.82, 2.24) is 29.8 Å². The van der Waals surface area contributed by atoms with Crippen molar-refractivity contribution in [3.8, 4) is 28.2 Å². The molecule has 37 heavy (non-hydrogen) atoms. The van der Waals surface area contributed by atoms with Crippen molar-refractivity contribution in [2.24, 2.45) is 0 Å². The quantitative estimate of drug-likeness (QED) is 0.266. The van der Waals surface area contributed by atoms with Crippen LogP contribution in [0, 0.1) is 5.95 Å². The number of hydrogen-bond donors (Lipinski definition) is 0. The fourth-order valence-corrected chi connectivity index (χ4v) is 4.85. The maximum atomic E-state index is 14.5. The van der Waals surface area contributed by atoms with Crippen LogP contribution < -0.4 is 0 Å². The van der Waals surface area contributed by atoms with Gasteiger partial charge in [-0.2, -0.15) is 9.49 Å². The van der Waals surface area contributed by atoms with Gasteiger partial charge in [0.25, 0.3) is 0 Å². The van der Waals surface area contributed by atoms with Gasteiger partial charge in [-0.1, -0.05) is 44.2 Å². The van der Waals surface area contributed by atoms with E-state index in [1.165, 1.54) is 11.8 Å². The number of rotatable bonds is 4. The van der Waals surface area contributed by atoms with E-state index < -0.39 is 5.95 Å². The molecule has 0 amide bonds. The summed E-state index contributed by atoms with van der Waals surface area (Å²) in [7, 11) is 0. The largest absolute Gasteiger partial charge is 0.356 e. The zero-order chi connectivity index (χ0) is 25.6. The summed E-state index contributed by atoms with van der Waals surface area (Å²) < 4.78 is 24.3. The first kappa shape index (κ1) is 23.5. The van der Waals surface area contributed by atoms with Gasteiger partial charge in [-0.25, -0.2) is 14.3 Å². The molecule has 5 aromatic rings. The molecule has 0 N–H and O–H groups in total. The lowest BCUT2D eigenvalue weighted by molar-refractivity contribution is -0.0365. The van der Waals surface area contributed by atoms with E-state index in [2.05, 4.69) is 60.3 Å². The van der Waals surface area contributed by atoms with Gasteiger partial charge >= 0.3 is 0 Å².